The number of halogens is 2. The Labute approximate surface area is 117 Å². The molecule has 1 aliphatic heterocycles. The highest BCUT2D eigenvalue weighted by Gasteiger charge is 2.23. The van der Waals surface area contributed by atoms with Gasteiger partial charge in [-0.2, -0.15) is 0 Å². The van der Waals surface area contributed by atoms with Crippen LogP contribution in [0.4, 0.5) is 0 Å². The average molecular weight is 287 g/mol. The van der Waals surface area contributed by atoms with Crippen molar-refractivity contribution < 1.29 is 4.79 Å². The van der Waals surface area contributed by atoms with Crippen molar-refractivity contribution in [1.29, 1.82) is 0 Å². The van der Waals surface area contributed by atoms with Crippen molar-refractivity contribution in [2.45, 2.75) is 13.0 Å². The summed E-state index contributed by atoms with van der Waals surface area (Å²) >= 11 is 11.8. The van der Waals surface area contributed by atoms with E-state index in [1.165, 1.54) is 0 Å². The third-order valence-corrected chi connectivity index (χ3v) is 4.02. The van der Waals surface area contributed by atoms with Crippen molar-refractivity contribution >= 4 is 29.0 Å². The van der Waals surface area contributed by atoms with Gasteiger partial charge in [0.25, 0.3) is 0 Å². The van der Waals surface area contributed by atoms with Gasteiger partial charge in [-0.05, 0) is 25.1 Å². The van der Waals surface area contributed by atoms with E-state index in [9.17, 15) is 4.79 Å². The lowest BCUT2D eigenvalue weighted by molar-refractivity contribution is 0.0820. The van der Waals surface area contributed by atoms with Crippen LogP contribution in [0.3, 0.4) is 0 Å². The number of hydrogen-bond donors (Lipinski definition) is 1. The lowest BCUT2D eigenvalue weighted by atomic mass is 10.0. The van der Waals surface area contributed by atoms with E-state index in [0.29, 0.717) is 15.6 Å². The number of nitrogens with one attached hydrogen (secondary N) is 1. The van der Waals surface area contributed by atoms with Crippen molar-refractivity contribution in [3.63, 3.8) is 0 Å². The first-order valence-corrected chi connectivity index (χ1v) is 6.79. The normalized spacial score (nSPS) is 18.6. The Balaban J connectivity index is 2.11. The zero-order valence-corrected chi connectivity index (χ0v) is 11.8. The number of ketones is 1. The second-order valence-electron chi connectivity index (χ2n) is 4.46. The van der Waals surface area contributed by atoms with E-state index in [-0.39, 0.29) is 11.8 Å². The number of nitrogens with zero attached hydrogens (tertiary/aromatic N) is 1. The molecule has 0 bridgehead atoms. The van der Waals surface area contributed by atoms with Gasteiger partial charge in [0.2, 0.25) is 0 Å². The largest absolute Gasteiger partial charge is 0.314 e. The fourth-order valence-electron chi connectivity index (χ4n) is 2.13. The molecule has 0 aliphatic carbocycles. The molecule has 2 rings (SSSR count). The maximum Gasteiger partial charge on any atom is 0.179 e. The number of rotatable bonds is 3. The van der Waals surface area contributed by atoms with E-state index in [4.69, 9.17) is 23.2 Å². The summed E-state index contributed by atoms with van der Waals surface area (Å²) in [5.41, 5.74) is 0.621. The second kappa shape index (κ2) is 6.02. The maximum absolute atomic E-state index is 12.3. The van der Waals surface area contributed by atoms with E-state index in [1.807, 2.05) is 6.92 Å². The highest BCUT2D eigenvalue weighted by Crippen LogP contribution is 2.23. The Hall–Kier alpha value is -0.610. The van der Waals surface area contributed by atoms with Crippen molar-refractivity contribution in [3.8, 4) is 0 Å². The van der Waals surface area contributed by atoms with Crippen LogP contribution in [0.25, 0.3) is 0 Å². The van der Waals surface area contributed by atoms with Gasteiger partial charge < -0.3 is 5.32 Å². The van der Waals surface area contributed by atoms with E-state index >= 15 is 0 Å². The number of carbonyl (C=O) groups is 1. The smallest absolute Gasteiger partial charge is 0.179 e. The number of hydrogen-bond acceptors (Lipinski definition) is 3. The van der Waals surface area contributed by atoms with Crippen molar-refractivity contribution in [2.24, 2.45) is 0 Å². The molecule has 1 fully saturated rings. The van der Waals surface area contributed by atoms with Gasteiger partial charge in [0.1, 0.15) is 0 Å². The lowest BCUT2D eigenvalue weighted by Crippen LogP contribution is -2.50. The van der Waals surface area contributed by atoms with Gasteiger partial charge in [-0.15, -0.1) is 0 Å². The molecule has 0 amide bonds. The molecule has 1 atom stereocenters. The van der Waals surface area contributed by atoms with Crippen LogP contribution >= 0.6 is 23.2 Å². The number of Topliss-reactive ketones (excluding diaryl/α,β-unsaturated/α-hetero) is 1. The van der Waals surface area contributed by atoms with Crippen LogP contribution < -0.4 is 5.32 Å². The topological polar surface area (TPSA) is 32.3 Å². The molecule has 1 heterocycles. The maximum atomic E-state index is 12.3. The van der Waals surface area contributed by atoms with E-state index in [0.717, 1.165) is 26.2 Å². The van der Waals surface area contributed by atoms with Gasteiger partial charge in [0.05, 0.1) is 16.1 Å². The first-order valence-electron chi connectivity index (χ1n) is 6.03. The summed E-state index contributed by atoms with van der Waals surface area (Å²) in [5.74, 6) is 0.0930. The van der Waals surface area contributed by atoms with E-state index < -0.39 is 0 Å². The highest BCUT2D eigenvalue weighted by atomic mass is 35.5. The van der Waals surface area contributed by atoms with Gasteiger partial charge in [0, 0.05) is 31.7 Å². The predicted molar refractivity (Wildman–Crippen MR) is 74.7 cm³/mol. The Morgan fingerprint density at radius 3 is 2.56 bits per heavy atom. The monoisotopic (exact) mass is 286 g/mol. The van der Waals surface area contributed by atoms with E-state index in [2.05, 4.69) is 10.2 Å². The molecule has 3 nitrogen and oxygen atoms in total. The van der Waals surface area contributed by atoms with E-state index in [1.54, 1.807) is 18.2 Å². The molecular formula is C13H16Cl2N2O. The van der Waals surface area contributed by atoms with Crippen LogP contribution in [0, 0.1) is 0 Å². The van der Waals surface area contributed by atoms with Gasteiger partial charge in [-0.3, -0.25) is 9.69 Å². The summed E-state index contributed by atoms with van der Waals surface area (Å²) in [7, 11) is 0. The standard InChI is InChI=1S/C13H16Cl2N2O/c1-9(17-6-4-16-5-7-17)13(18)10-2-3-11(14)12(15)8-10/h2-3,8-9,16H,4-7H2,1H3. The molecule has 1 saturated heterocycles. The zero-order chi connectivity index (χ0) is 13.1. The highest BCUT2D eigenvalue weighted by molar-refractivity contribution is 6.42. The Kier molecular flexibility index (Phi) is 4.62. The molecule has 1 aromatic rings. The van der Waals surface area contributed by atoms with Gasteiger partial charge >= 0.3 is 0 Å². The van der Waals surface area contributed by atoms with Crippen molar-refractivity contribution in [3.05, 3.63) is 33.8 Å². The van der Waals surface area contributed by atoms with Crippen molar-refractivity contribution in [2.75, 3.05) is 26.2 Å². The fourth-order valence-corrected chi connectivity index (χ4v) is 2.42. The minimum Gasteiger partial charge on any atom is -0.314 e. The molecule has 98 valence electrons. The minimum atomic E-state index is -0.121. The van der Waals surface area contributed by atoms with Crippen LogP contribution in [-0.4, -0.2) is 42.9 Å². The molecular weight excluding hydrogens is 271 g/mol. The average Bonchev–Trinajstić information content (AvgIpc) is 2.41. The first kappa shape index (κ1) is 13.8. The summed E-state index contributed by atoms with van der Waals surface area (Å²) in [6.45, 7) is 5.59. The zero-order valence-electron chi connectivity index (χ0n) is 10.2. The number of carbonyl (C=O) groups excluding carboxylic acids is 1. The molecule has 1 aliphatic rings. The van der Waals surface area contributed by atoms with Crippen LogP contribution in [0.15, 0.2) is 18.2 Å². The molecule has 0 spiro atoms. The van der Waals surface area contributed by atoms with Crippen LogP contribution in [-0.2, 0) is 0 Å². The molecule has 1 N–H and O–H groups in total. The molecule has 18 heavy (non-hydrogen) atoms. The second-order valence-corrected chi connectivity index (χ2v) is 5.27. The Morgan fingerprint density at radius 1 is 1.28 bits per heavy atom. The predicted octanol–water partition coefficient (Wildman–Crippen LogP) is 2.47. The van der Waals surface area contributed by atoms with Crippen LogP contribution in [0.1, 0.15) is 17.3 Å². The quantitative estimate of drug-likeness (QED) is 0.867. The molecule has 0 saturated carbocycles. The summed E-state index contributed by atoms with van der Waals surface area (Å²) in [6.07, 6.45) is 0. The molecule has 1 unspecified atom stereocenters. The SMILES string of the molecule is CC(C(=O)c1ccc(Cl)c(Cl)c1)N1CCNCC1. The molecule has 0 aromatic heterocycles. The molecule has 5 heteroatoms. The third kappa shape index (κ3) is 3.04. The number of piperazine rings is 1. The summed E-state index contributed by atoms with van der Waals surface area (Å²) in [6, 6.07) is 4.92. The van der Waals surface area contributed by atoms with Gasteiger partial charge in [-0.1, -0.05) is 23.2 Å². The van der Waals surface area contributed by atoms with Crippen LogP contribution in [0.2, 0.25) is 10.0 Å². The fraction of sp³-hybridized carbons (Fsp3) is 0.462. The Bertz CT molecular complexity index is 445. The summed E-state index contributed by atoms with van der Waals surface area (Å²) < 4.78 is 0. The molecule has 0 radical (unpaired) electrons. The van der Waals surface area contributed by atoms with Crippen LogP contribution in [0.5, 0.6) is 0 Å². The van der Waals surface area contributed by atoms with Gasteiger partial charge in [-0.25, -0.2) is 0 Å². The summed E-state index contributed by atoms with van der Waals surface area (Å²) in [4.78, 5) is 14.5. The first-order chi connectivity index (χ1) is 8.59. The van der Waals surface area contributed by atoms with Gasteiger partial charge in [0.15, 0.2) is 5.78 Å². The lowest BCUT2D eigenvalue weighted by Gasteiger charge is -2.31. The van der Waals surface area contributed by atoms with Crippen molar-refractivity contribution in [1.82, 2.24) is 10.2 Å². The summed E-state index contributed by atoms with van der Waals surface area (Å²) in [5, 5.41) is 4.17. The third-order valence-electron chi connectivity index (χ3n) is 3.28. The molecule has 1 aromatic carbocycles. The Morgan fingerprint density at radius 2 is 1.94 bits per heavy atom. The number of benzene rings is 1. The minimum absolute atomic E-state index is 0.0930.